The van der Waals surface area contributed by atoms with Crippen molar-refractivity contribution in [2.45, 2.75) is 18.3 Å². The van der Waals surface area contributed by atoms with Crippen LogP contribution in [0.25, 0.3) is 0 Å². The SMILES string of the molecule is O=C(O)C1(c2ccc(Cl)c(F)c2F)CC1. The van der Waals surface area contributed by atoms with Gasteiger partial charge in [-0.2, -0.15) is 0 Å². The Labute approximate surface area is 89.5 Å². The summed E-state index contributed by atoms with van der Waals surface area (Å²) >= 11 is 5.37. The minimum absolute atomic E-state index is 0.114. The number of halogens is 3. The largest absolute Gasteiger partial charge is 0.481 e. The minimum atomic E-state index is -1.24. The van der Waals surface area contributed by atoms with E-state index in [9.17, 15) is 13.6 Å². The summed E-state index contributed by atoms with van der Waals surface area (Å²) in [6.45, 7) is 0. The predicted molar refractivity (Wildman–Crippen MR) is 49.9 cm³/mol. The van der Waals surface area contributed by atoms with E-state index in [-0.39, 0.29) is 10.6 Å². The maximum Gasteiger partial charge on any atom is 0.314 e. The Hall–Kier alpha value is -1.16. The third kappa shape index (κ3) is 1.40. The summed E-state index contributed by atoms with van der Waals surface area (Å²) in [4.78, 5) is 10.9. The lowest BCUT2D eigenvalue weighted by Gasteiger charge is -2.11. The molecule has 1 aromatic rings. The molecule has 1 fully saturated rings. The lowest BCUT2D eigenvalue weighted by molar-refractivity contribution is -0.140. The Bertz CT molecular complexity index is 441. The molecule has 80 valence electrons. The Kier molecular flexibility index (Phi) is 2.19. The Morgan fingerprint density at radius 3 is 2.40 bits per heavy atom. The Morgan fingerprint density at radius 1 is 1.33 bits per heavy atom. The van der Waals surface area contributed by atoms with E-state index >= 15 is 0 Å². The van der Waals surface area contributed by atoms with Crippen LogP contribution >= 0.6 is 11.6 Å². The van der Waals surface area contributed by atoms with Crippen LogP contribution in [-0.2, 0) is 10.2 Å². The molecule has 1 aromatic carbocycles. The molecule has 0 spiro atoms. The molecule has 0 bridgehead atoms. The van der Waals surface area contributed by atoms with Gasteiger partial charge in [0.05, 0.1) is 10.4 Å². The summed E-state index contributed by atoms with van der Waals surface area (Å²) in [5.74, 6) is -3.45. The van der Waals surface area contributed by atoms with E-state index in [2.05, 4.69) is 0 Å². The summed E-state index contributed by atoms with van der Waals surface area (Å²) in [5.41, 5.74) is -1.35. The second-order valence-corrected chi connectivity index (χ2v) is 4.02. The van der Waals surface area contributed by atoms with Crippen molar-refractivity contribution in [1.82, 2.24) is 0 Å². The molecule has 2 rings (SSSR count). The van der Waals surface area contributed by atoms with Gasteiger partial charge in [0.25, 0.3) is 0 Å². The van der Waals surface area contributed by atoms with Gasteiger partial charge in [0, 0.05) is 5.56 Å². The van der Waals surface area contributed by atoms with Crippen LogP contribution in [0.1, 0.15) is 18.4 Å². The van der Waals surface area contributed by atoms with Gasteiger partial charge in [-0.15, -0.1) is 0 Å². The topological polar surface area (TPSA) is 37.3 Å². The zero-order chi connectivity index (χ0) is 11.2. The quantitative estimate of drug-likeness (QED) is 0.796. The summed E-state index contributed by atoms with van der Waals surface area (Å²) < 4.78 is 26.5. The van der Waals surface area contributed by atoms with Crippen LogP contribution in [0.5, 0.6) is 0 Å². The average molecular weight is 233 g/mol. The highest BCUT2D eigenvalue weighted by Gasteiger charge is 2.53. The Balaban J connectivity index is 2.55. The van der Waals surface area contributed by atoms with Gasteiger partial charge in [-0.3, -0.25) is 4.79 Å². The maximum absolute atomic E-state index is 13.4. The molecule has 0 heterocycles. The van der Waals surface area contributed by atoms with Crippen molar-refractivity contribution in [3.05, 3.63) is 34.4 Å². The molecule has 1 N–H and O–H groups in total. The number of hydrogen-bond donors (Lipinski definition) is 1. The first-order valence-corrected chi connectivity index (χ1v) is 4.74. The second-order valence-electron chi connectivity index (χ2n) is 3.61. The van der Waals surface area contributed by atoms with Crippen LogP contribution in [0.4, 0.5) is 8.78 Å². The molecule has 0 amide bonds. The van der Waals surface area contributed by atoms with Gasteiger partial charge in [-0.1, -0.05) is 17.7 Å². The molecule has 15 heavy (non-hydrogen) atoms. The molecule has 0 atom stereocenters. The molecule has 0 aromatic heterocycles. The van der Waals surface area contributed by atoms with Crippen LogP contribution in [-0.4, -0.2) is 11.1 Å². The first-order chi connectivity index (χ1) is 6.99. The van der Waals surface area contributed by atoms with E-state index in [0.717, 1.165) is 0 Å². The predicted octanol–water partition coefficient (Wildman–Crippen LogP) is 2.73. The van der Waals surface area contributed by atoms with Crippen molar-refractivity contribution < 1.29 is 18.7 Å². The number of carbonyl (C=O) groups is 1. The third-order valence-corrected chi connectivity index (χ3v) is 3.00. The fourth-order valence-corrected chi connectivity index (χ4v) is 1.76. The summed E-state index contributed by atoms with van der Waals surface area (Å²) in [6.07, 6.45) is 0.667. The molecule has 5 heteroatoms. The van der Waals surface area contributed by atoms with Crippen molar-refractivity contribution in [3.63, 3.8) is 0 Å². The van der Waals surface area contributed by atoms with Crippen LogP contribution in [0, 0.1) is 11.6 Å². The molecule has 0 radical (unpaired) electrons. The molecule has 0 unspecified atom stereocenters. The first kappa shape index (κ1) is 10.4. The highest BCUT2D eigenvalue weighted by atomic mass is 35.5. The summed E-state index contributed by atoms with van der Waals surface area (Å²) in [6, 6.07) is 2.42. The van der Waals surface area contributed by atoms with E-state index < -0.39 is 23.0 Å². The van der Waals surface area contributed by atoms with Crippen LogP contribution in [0.2, 0.25) is 5.02 Å². The third-order valence-electron chi connectivity index (χ3n) is 2.71. The maximum atomic E-state index is 13.4. The van der Waals surface area contributed by atoms with Gasteiger partial charge < -0.3 is 5.11 Å². The van der Waals surface area contributed by atoms with Gasteiger partial charge >= 0.3 is 5.97 Å². The number of rotatable bonds is 2. The molecule has 1 saturated carbocycles. The number of hydrogen-bond acceptors (Lipinski definition) is 1. The fourth-order valence-electron chi connectivity index (χ4n) is 1.62. The van der Waals surface area contributed by atoms with Gasteiger partial charge in [-0.25, -0.2) is 8.78 Å². The molecule has 0 saturated heterocycles. The minimum Gasteiger partial charge on any atom is -0.481 e. The molecule has 1 aliphatic rings. The van der Waals surface area contributed by atoms with Crippen molar-refractivity contribution in [1.29, 1.82) is 0 Å². The lowest BCUT2D eigenvalue weighted by Crippen LogP contribution is -2.21. The number of benzene rings is 1. The van der Waals surface area contributed by atoms with Gasteiger partial charge in [0.15, 0.2) is 11.6 Å². The second kappa shape index (κ2) is 3.17. The standard InChI is InChI=1S/C10H7ClF2O2/c11-6-2-1-5(7(12)8(6)13)10(3-4-10)9(14)15/h1-2H,3-4H2,(H,14,15). The van der Waals surface area contributed by atoms with E-state index in [1.54, 1.807) is 0 Å². The monoisotopic (exact) mass is 232 g/mol. The fraction of sp³-hybridized carbons (Fsp3) is 0.300. The van der Waals surface area contributed by atoms with Crippen LogP contribution in [0.3, 0.4) is 0 Å². The average Bonchev–Trinajstić information content (AvgIpc) is 2.95. The van der Waals surface area contributed by atoms with Gasteiger partial charge in [0.1, 0.15) is 0 Å². The zero-order valence-corrected chi connectivity index (χ0v) is 8.31. The van der Waals surface area contributed by atoms with E-state index in [1.807, 2.05) is 0 Å². The van der Waals surface area contributed by atoms with Crippen LogP contribution in [0.15, 0.2) is 12.1 Å². The smallest absolute Gasteiger partial charge is 0.314 e. The van der Waals surface area contributed by atoms with Crippen molar-refractivity contribution >= 4 is 17.6 Å². The summed E-state index contributed by atoms with van der Waals surface area (Å²) in [5, 5.41) is 8.58. The van der Waals surface area contributed by atoms with E-state index in [1.165, 1.54) is 12.1 Å². The lowest BCUT2D eigenvalue weighted by atomic mass is 9.95. The van der Waals surface area contributed by atoms with Crippen molar-refractivity contribution in [2.24, 2.45) is 0 Å². The first-order valence-electron chi connectivity index (χ1n) is 4.36. The normalized spacial score (nSPS) is 17.5. The van der Waals surface area contributed by atoms with Gasteiger partial charge in [-0.05, 0) is 18.9 Å². The molecule has 1 aliphatic carbocycles. The Morgan fingerprint density at radius 2 is 1.93 bits per heavy atom. The van der Waals surface area contributed by atoms with Crippen LogP contribution < -0.4 is 0 Å². The number of carboxylic acids is 1. The highest BCUT2D eigenvalue weighted by molar-refractivity contribution is 6.30. The highest BCUT2D eigenvalue weighted by Crippen LogP contribution is 2.49. The van der Waals surface area contributed by atoms with Gasteiger partial charge in [0.2, 0.25) is 0 Å². The van der Waals surface area contributed by atoms with E-state index in [4.69, 9.17) is 16.7 Å². The summed E-state index contributed by atoms with van der Waals surface area (Å²) in [7, 11) is 0. The molecular formula is C10H7ClF2O2. The van der Waals surface area contributed by atoms with E-state index in [0.29, 0.717) is 12.8 Å². The molecular weight excluding hydrogens is 226 g/mol. The number of carboxylic acid groups (broad SMARTS) is 1. The van der Waals surface area contributed by atoms with Crippen molar-refractivity contribution in [2.75, 3.05) is 0 Å². The van der Waals surface area contributed by atoms with Crippen molar-refractivity contribution in [3.8, 4) is 0 Å². The number of aliphatic carboxylic acids is 1. The zero-order valence-electron chi connectivity index (χ0n) is 7.56. The molecule has 2 nitrogen and oxygen atoms in total. The molecule has 0 aliphatic heterocycles.